The van der Waals surface area contributed by atoms with Gasteiger partial charge in [-0.1, -0.05) is 310 Å². The van der Waals surface area contributed by atoms with E-state index in [9.17, 15) is 23.7 Å². The van der Waals surface area contributed by atoms with Crippen LogP contribution in [0, 0.1) is 0 Å². The molecule has 0 aromatic heterocycles. The third kappa shape index (κ3) is 54.0. The molecule has 0 saturated heterocycles. The van der Waals surface area contributed by atoms with E-state index in [1.165, 1.54) is 205 Å². The first kappa shape index (κ1) is 74.0. The van der Waals surface area contributed by atoms with Crippen LogP contribution in [-0.4, -0.2) is 62.5 Å². The number of rotatable bonds is 62. The first-order valence-electron chi connectivity index (χ1n) is 32.8. The van der Waals surface area contributed by atoms with Crippen LogP contribution in [-0.2, 0) is 51.7 Å². The summed E-state index contributed by atoms with van der Waals surface area (Å²) in [4.78, 5) is 53.1. The fourth-order valence-corrected chi connectivity index (χ4v) is 10.6. The maximum atomic E-state index is 13.6. The van der Waals surface area contributed by atoms with Crippen molar-refractivity contribution < 1.29 is 51.7 Å². The number of carbonyl (C=O) groups is 4. The van der Waals surface area contributed by atoms with Crippen LogP contribution in [0.1, 0.15) is 349 Å². The molecule has 0 radical (unpaired) electrons. The molecule has 0 bridgehead atoms. The third-order valence-corrected chi connectivity index (χ3v) is 15.7. The number of unbranched alkanes of at least 4 members (excludes halogenated alkanes) is 44. The number of hydrogen-bond acceptors (Lipinski definition) is 11. The topological polar surface area (TPSA) is 141 Å². The molecule has 0 spiro atoms. The molecule has 0 fully saturated rings. The Morgan fingerprint density at radius 2 is 0.434 bits per heavy atom. The Labute approximate surface area is 469 Å². The molecule has 0 amide bonds. The lowest BCUT2D eigenvalue weighted by Gasteiger charge is -2.19. The summed E-state index contributed by atoms with van der Waals surface area (Å²) in [5.41, 5.74) is 0. The minimum absolute atomic E-state index is 0.130. The van der Waals surface area contributed by atoms with Crippen molar-refractivity contribution in [3.63, 3.8) is 0 Å². The number of ether oxygens (including phenoxy) is 4. The highest BCUT2D eigenvalue weighted by Gasteiger charge is 2.32. The second kappa shape index (κ2) is 60.7. The van der Waals surface area contributed by atoms with Gasteiger partial charge in [0.2, 0.25) is 0 Å². The van der Waals surface area contributed by atoms with Gasteiger partial charge >= 0.3 is 32.1 Å². The molecule has 2 unspecified atom stereocenters. The first-order valence-corrected chi connectivity index (χ1v) is 34.0. The van der Waals surface area contributed by atoms with Gasteiger partial charge in [0.05, 0.1) is 39.3 Å². The van der Waals surface area contributed by atoms with Crippen molar-refractivity contribution in [1.82, 2.24) is 0 Å². The van der Waals surface area contributed by atoms with E-state index in [4.69, 9.17) is 28.0 Å². The Hall–Kier alpha value is -1.97. The van der Waals surface area contributed by atoms with E-state index < -0.39 is 57.2 Å². The molecule has 0 heterocycles. The first-order chi connectivity index (χ1) is 37.3. The smallest absolute Gasteiger partial charge is 0.336 e. The van der Waals surface area contributed by atoms with Crippen LogP contribution in [0.3, 0.4) is 0 Å². The normalized spacial score (nSPS) is 12.6. The molecule has 0 aromatic carbocycles. The van der Waals surface area contributed by atoms with Gasteiger partial charge in [-0.05, 0) is 25.7 Å². The summed E-state index contributed by atoms with van der Waals surface area (Å²) >= 11 is 0. The van der Waals surface area contributed by atoms with Gasteiger partial charge < -0.3 is 18.9 Å². The van der Waals surface area contributed by atoms with Crippen LogP contribution in [0.2, 0.25) is 0 Å². The van der Waals surface area contributed by atoms with Gasteiger partial charge in [-0.2, -0.15) is 0 Å². The zero-order chi connectivity index (χ0) is 55.5. The summed E-state index contributed by atoms with van der Waals surface area (Å²) in [7, 11) is -3.64. The highest BCUT2D eigenvalue weighted by molar-refractivity contribution is 7.33. The predicted molar refractivity (Wildman–Crippen MR) is 316 cm³/mol. The number of hydrogen-bond donors (Lipinski definition) is 0. The molecule has 0 N–H and O–H groups in total. The molecule has 0 saturated carbocycles. The summed E-state index contributed by atoms with van der Waals surface area (Å²) in [6, 6.07) is 0. The standard InChI is InChI=1S/C64H123O11P/c1-5-9-13-17-21-25-29-33-37-41-45-49-53-70-61(65)57-59(63(67)72-55-51-47-43-39-35-31-27-23-19-15-11-7-3)74-76(69)75-60(64(68)73-56-52-48-44-40-36-32-28-24-20-16-12-8-4)58-62(66)71-54-50-46-42-38-34-30-26-22-18-14-10-6-2/h59-60,76H,5-58H2,1-4H3. The van der Waals surface area contributed by atoms with Gasteiger partial charge in [0, 0.05) is 0 Å². The highest BCUT2D eigenvalue weighted by atomic mass is 31.1. The Bertz CT molecular complexity index is 1200. The quantitative estimate of drug-likeness (QED) is 0.0249. The van der Waals surface area contributed by atoms with Crippen LogP contribution in [0.15, 0.2) is 0 Å². The molecular weight excluding hydrogens is 976 g/mol. The van der Waals surface area contributed by atoms with Gasteiger partial charge in [0.25, 0.3) is 0 Å². The van der Waals surface area contributed by atoms with E-state index in [-0.39, 0.29) is 26.4 Å². The lowest BCUT2D eigenvalue weighted by molar-refractivity contribution is -0.161. The fourth-order valence-electron chi connectivity index (χ4n) is 9.70. The summed E-state index contributed by atoms with van der Waals surface area (Å²) in [6.45, 7) is 9.64. The maximum absolute atomic E-state index is 13.6. The number of esters is 4. The zero-order valence-corrected chi connectivity index (χ0v) is 51.3. The van der Waals surface area contributed by atoms with Crippen molar-refractivity contribution >= 4 is 32.1 Å². The lowest BCUT2D eigenvalue weighted by atomic mass is 10.1. The van der Waals surface area contributed by atoms with E-state index in [2.05, 4.69) is 27.7 Å². The molecule has 0 aliphatic rings. The molecule has 76 heavy (non-hydrogen) atoms. The second-order valence-corrected chi connectivity index (χ2v) is 23.2. The molecular formula is C64H123O11P. The minimum atomic E-state index is -3.64. The fraction of sp³-hybridized carbons (Fsp3) is 0.938. The summed E-state index contributed by atoms with van der Waals surface area (Å²) in [6.07, 6.45) is 52.2. The molecule has 0 rings (SSSR count). The van der Waals surface area contributed by atoms with Crippen molar-refractivity contribution in [2.24, 2.45) is 0 Å². The van der Waals surface area contributed by atoms with E-state index in [0.29, 0.717) is 25.7 Å². The van der Waals surface area contributed by atoms with Gasteiger partial charge in [-0.25, -0.2) is 9.59 Å². The second-order valence-electron chi connectivity index (χ2n) is 22.2. The van der Waals surface area contributed by atoms with Crippen LogP contribution < -0.4 is 0 Å². The van der Waals surface area contributed by atoms with E-state index in [1.54, 1.807) is 0 Å². The Balaban J connectivity index is 5.35. The predicted octanol–water partition coefficient (Wildman–Crippen LogP) is 19.9. The molecule has 11 nitrogen and oxygen atoms in total. The maximum Gasteiger partial charge on any atom is 0.336 e. The Morgan fingerprint density at radius 3 is 0.632 bits per heavy atom. The van der Waals surface area contributed by atoms with Crippen molar-refractivity contribution in [3.8, 4) is 0 Å². The molecule has 2 atom stereocenters. The highest BCUT2D eigenvalue weighted by Crippen LogP contribution is 2.32. The molecule has 0 aliphatic heterocycles. The average molecular weight is 1100 g/mol. The van der Waals surface area contributed by atoms with Gasteiger partial charge in [-0.3, -0.25) is 23.2 Å². The van der Waals surface area contributed by atoms with Gasteiger partial charge in [0.1, 0.15) is 0 Å². The summed E-state index contributed by atoms with van der Waals surface area (Å²) < 4.78 is 47.0. The Kier molecular flexibility index (Phi) is 59.1. The van der Waals surface area contributed by atoms with Crippen molar-refractivity contribution in [3.05, 3.63) is 0 Å². The molecule has 0 aromatic rings. The van der Waals surface area contributed by atoms with E-state index >= 15 is 0 Å². The lowest BCUT2D eigenvalue weighted by Crippen LogP contribution is -2.31. The SMILES string of the molecule is CCCCCCCCCCCCCCOC(=O)CC(O[PH](=O)OC(CC(=O)OCCCCCCCCCCCCCC)C(=O)OCCCCCCCCCCCCCC)C(=O)OCCCCCCCCCCCCCC. The summed E-state index contributed by atoms with van der Waals surface area (Å²) in [5, 5.41) is 0. The molecule has 12 heteroatoms. The third-order valence-electron chi connectivity index (χ3n) is 14.7. The summed E-state index contributed by atoms with van der Waals surface area (Å²) in [5.74, 6) is -3.05. The zero-order valence-electron chi connectivity index (χ0n) is 50.3. The largest absolute Gasteiger partial charge is 0.466 e. The average Bonchev–Trinajstić information content (AvgIpc) is 3.41. The number of carbonyl (C=O) groups excluding carboxylic acids is 4. The van der Waals surface area contributed by atoms with E-state index in [0.717, 1.165) is 77.0 Å². The van der Waals surface area contributed by atoms with Crippen molar-refractivity contribution in [2.75, 3.05) is 26.4 Å². The van der Waals surface area contributed by atoms with Crippen LogP contribution in [0.5, 0.6) is 0 Å². The van der Waals surface area contributed by atoms with Gasteiger partial charge in [0.15, 0.2) is 12.2 Å². The van der Waals surface area contributed by atoms with E-state index in [1.807, 2.05) is 0 Å². The Morgan fingerprint density at radius 1 is 0.263 bits per heavy atom. The molecule has 0 aliphatic carbocycles. The monoisotopic (exact) mass is 1100 g/mol. The van der Waals surface area contributed by atoms with Crippen LogP contribution >= 0.6 is 8.25 Å². The van der Waals surface area contributed by atoms with Gasteiger partial charge in [-0.15, -0.1) is 0 Å². The molecule has 450 valence electrons. The van der Waals surface area contributed by atoms with Crippen molar-refractivity contribution in [1.29, 1.82) is 0 Å². The van der Waals surface area contributed by atoms with Crippen molar-refractivity contribution in [2.45, 2.75) is 361 Å². The van der Waals surface area contributed by atoms with Crippen LogP contribution in [0.4, 0.5) is 0 Å². The van der Waals surface area contributed by atoms with Crippen LogP contribution in [0.25, 0.3) is 0 Å². The minimum Gasteiger partial charge on any atom is -0.466 e.